The number of hydrogen-bond acceptors (Lipinski definition) is 2. The second-order valence-electron chi connectivity index (χ2n) is 4.39. The molecule has 2 N–H and O–H groups in total. The summed E-state index contributed by atoms with van der Waals surface area (Å²) in [5, 5.41) is 11.9. The number of anilines is 1. The fourth-order valence-electron chi connectivity index (χ4n) is 1.71. The Labute approximate surface area is 96.5 Å². The van der Waals surface area contributed by atoms with Gasteiger partial charge in [-0.3, -0.25) is 4.79 Å². The van der Waals surface area contributed by atoms with E-state index in [2.05, 4.69) is 25.2 Å². The third-order valence-electron chi connectivity index (χ3n) is 2.47. The molecule has 3 heteroatoms. The number of para-hydroxylation sites is 1. The van der Waals surface area contributed by atoms with E-state index in [0.29, 0.717) is 5.92 Å². The molecule has 0 aliphatic heterocycles. The molecule has 0 amide bonds. The first-order valence-corrected chi connectivity index (χ1v) is 5.58. The van der Waals surface area contributed by atoms with Gasteiger partial charge in [0.15, 0.2) is 0 Å². The van der Waals surface area contributed by atoms with Crippen LogP contribution in [0.2, 0.25) is 0 Å². The molecule has 0 aliphatic carbocycles. The molecule has 0 aromatic heterocycles. The van der Waals surface area contributed by atoms with Crippen LogP contribution in [0, 0.1) is 0 Å². The van der Waals surface area contributed by atoms with E-state index < -0.39 is 5.97 Å². The monoisotopic (exact) mass is 221 g/mol. The molecule has 0 fully saturated rings. The quantitative estimate of drug-likeness (QED) is 0.803. The highest BCUT2D eigenvalue weighted by Gasteiger charge is 2.10. The van der Waals surface area contributed by atoms with Crippen LogP contribution in [0.4, 0.5) is 5.69 Å². The third kappa shape index (κ3) is 3.57. The van der Waals surface area contributed by atoms with Crippen LogP contribution >= 0.6 is 0 Å². The van der Waals surface area contributed by atoms with E-state index in [1.807, 2.05) is 25.1 Å². The van der Waals surface area contributed by atoms with Crippen LogP contribution in [0.3, 0.4) is 0 Å². The molecule has 0 heterocycles. The van der Waals surface area contributed by atoms with Crippen LogP contribution in [0.5, 0.6) is 0 Å². The predicted molar refractivity (Wildman–Crippen MR) is 65.9 cm³/mol. The average molecular weight is 221 g/mol. The number of benzene rings is 1. The Morgan fingerprint density at radius 2 is 1.94 bits per heavy atom. The predicted octanol–water partition coefficient (Wildman–Crippen LogP) is 3.09. The Balaban J connectivity index is 2.76. The van der Waals surface area contributed by atoms with E-state index in [1.54, 1.807) is 0 Å². The molecule has 16 heavy (non-hydrogen) atoms. The summed E-state index contributed by atoms with van der Waals surface area (Å²) in [6, 6.07) is 7.97. The van der Waals surface area contributed by atoms with Crippen molar-refractivity contribution in [2.24, 2.45) is 0 Å². The summed E-state index contributed by atoms with van der Waals surface area (Å²) < 4.78 is 0. The van der Waals surface area contributed by atoms with Crippen molar-refractivity contribution in [1.82, 2.24) is 0 Å². The van der Waals surface area contributed by atoms with Crippen molar-refractivity contribution in [3.63, 3.8) is 0 Å². The molecule has 1 rings (SSSR count). The highest BCUT2D eigenvalue weighted by molar-refractivity contribution is 5.68. The van der Waals surface area contributed by atoms with E-state index in [9.17, 15) is 4.79 Å². The van der Waals surface area contributed by atoms with Gasteiger partial charge in [-0.05, 0) is 24.5 Å². The zero-order chi connectivity index (χ0) is 12.1. The highest BCUT2D eigenvalue weighted by Crippen LogP contribution is 2.24. The Hall–Kier alpha value is -1.51. The van der Waals surface area contributed by atoms with Crippen LogP contribution in [-0.2, 0) is 4.79 Å². The largest absolute Gasteiger partial charge is 0.481 e. The lowest BCUT2D eigenvalue weighted by Crippen LogP contribution is -2.20. The van der Waals surface area contributed by atoms with Gasteiger partial charge >= 0.3 is 5.97 Å². The molecular weight excluding hydrogens is 202 g/mol. The van der Waals surface area contributed by atoms with Gasteiger partial charge in [0.05, 0.1) is 6.42 Å². The molecule has 0 radical (unpaired) electrons. The van der Waals surface area contributed by atoms with Gasteiger partial charge in [0.2, 0.25) is 0 Å². The minimum Gasteiger partial charge on any atom is -0.481 e. The van der Waals surface area contributed by atoms with Crippen molar-refractivity contribution in [2.75, 3.05) is 5.32 Å². The molecular formula is C13H19NO2. The summed E-state index contributed by atoms with van der Waals surface area (Å²) in [6.07, 6.45) is 0.131. The number of carbonyl (C=O) groups is 1. The summed E-state index contributed by atoms with van der Waals surface area (Å²) in [4.78, 5) is 10.6. The van der Waals surface area contributed by atoms with E-state index in [1.165, 1.54) is 5.56 Å². The molecule has 1 aromatic carbocycles. The maximum atomic E-state index is 10.6. The van der Waals surface area contributed by atoms with Gasteiger partial charge < -0.3 is 10.4 Å². The third-order valence-corrected chi connectivity index (χ3v) is 2.47. The molecule has 1 unspecified atom stereocenters. The number of hydrogen-bond donors (Lipinski definition) is 2. The number of carboxylic acids is 1. The molecule has 0 bridgehead atoms. The second kappa shape index (κ2) is 5.54. The van der Waals surface area contributed by atoms with Crippen molar-refractivity contribution in [3.05, 3.63) is 29.8 Å². The fraction of sp³-hybridized carbons (Fsp3) is 0.462. The Morgan fingerprint density at radius 1 is 1.31 bits per heavy atom. The number of rotatable bonds is 5. The van der Waals surface area contributed by atoms with E-state index in [0.717, 1.165) is 5.69 Å². The van der Waals surface area contributed by atoms with Gasteiger partial charge in [0.1, 0.15) is 0 Å². The summed E-state index contributed by atoms with van der Waals surface area (Å²) in [7, 11) is 0. The van der Waals surface area contributed by atoms with Gasteiger partial charge in [0.25, 0.3) is 0 Å². The van der Waals surface area contributed by atoms with Crippen molar-refractivity contribution in [3.8, 4) is 0 Å². The van der Waals surface area contributed by atoms with Crippen LogP contribution in [0.1, 0.15) is 38.7 Å². The first-order chi connectivity index (χ1) is 7.50. The fourth-order valence-corrected chi connectivity index (χ4v) is 1.71. The lowest BCUT2D eigenvalue weighted by Gasteiger charge is -2.18. The maximum absolute atomic E-state index is 10.6. The zero-order valence-electron chi connectivity index (χ0n) is 10.0. The maximum Gasteiger partial charge on any atom is 0.305 e. The van der Waals surface area contributed by atoms with Gasteiger partial charge in [-0.15, -0.1) is 0 Å². The summed E-state index contributed by atoms with van der Waals surface area (Å²) in [5.74, 6) is -0.345. The molecule has 1 atom stereocenters. The zero-order valence-corrected chi connectivity index (χ0v) is 10.0. The molecule has 0 spiro atoms. The van der Waals surface area contributed by atoms with E-state index >= 15 is 0 Å². The molecule has 1 aromatic rings. The highest BCUT2D eigenvalue weighted by atomic mass is 16.4. The Morgan fingerprint density at radius 3 is 2.50 bits per heavy atom. The lowest BCUT2D eigenvalue weighted by molar-refractivity contribution is -0.137. The topological polar surface area (TPSA) is 49.3 Å². The molecule has 3 nitrogen and oxygen atoms in total. The summed E-state index contributed by atoms with van der Waals surface area (Å²) in [5.41, 5.74) is 2.26. The second-order valence-corrected chi connectivity index (χ2v) is 4.39. The van der Waals surface area contributed by atoms with Crippen LogP contribution in [0.25, 0.3) is 0 Å². The van der Waals surface area contributed by atoms with Gasteiger partial charge in [0, 0.05) is 11.7 Å². The summed E-state index contributed by atoms with van der Waals surface area (Å²) >= 11 is 0. The van der Waals surface area contributed by atoms with Gasteiger partial charge in [-0.1, -0.05) is 32.0 Å². The number of nitrogens with one attached hydrogen (secondary N) is 1. The summed E-state index contributed by atoms with van der Waals surface area (Å²) in [6.45, 7) is 6.13. The molecule has 0 saturated heterocycles. The Kier molecular flexibility index (Phi) is 4.35. The molecule has 0 saturated carbocycles. The number of aliphatic carboxylic acids is 1. The Bertz CT molecular complexity index is 361. The standard InChI is InChI=1S/C13H19NO2/c1-9(2)11-6-4-5-7-12(11)14-10(3)8-13(15)16/h4-7,9-10,14H,8H2,1-3H3,(H,15,16). The van der Waals surface area contributed by atoms with Crippen molar-refractivity contribution in [2.45, 2.75) is 39.2 Å². The minimum absolute atomic E-state index is 0.0580. The van der Waals surface area contributed by atoms with Gasteiger partial charge in [-0.25, -0.2) is 0 Å². The van der Waals surface area contributed by atoms with Crippen molar-refractivity contribution < 1.29 is 9.90 Å². The minimum atomic E-state index is -0.776. The van der Waals surface area contributed by atoms with Gasteiger partial charge in [-0.2, -0.15) is 0 Å². The molecule has 88 valence electrons. The van der Waals surface area contributed by atoms with E-state index in [4.69, 9.17) is 5.11 Å². The average Bonchev–Trinajstić information content (AvgIpc) is 2.16. The van der Waals surface area contributed by atoms with Crippen LogP contribution < -0.4 is 5.32 Å². The first-order valence-electron chi connectivity index (χ1n) is 5.58. The first kappa shape index (κ1) is 12.6. The lowest BCUT2D eigenvalue weighted by atomic mass is 10.0. The SMILES string of the molecule is CC(CC(=O)O)Nc1ccccc1C(C)C. The van der Waals surface area contributed by atoms with Crippen molar-refractivity contribution >= 4 is 11.7 Å². The van der Waals surface area contributed by atoms with Crippen molar-refractivity contribution in [1.29, 1.82) is 0 Å². The molecule has 0 aliphatic rings. The smallest absolute Gasteiger partial charge is 0.305 e. The van der Waals surface area contributed by atoms with Crippen LogP contribution in [-0.4, -0.2) is 17.1 Å². The number of carboxylic acid groups (broad SMARTS) is 1. The normalized spacial score (nSPS) is 12.5. The van der Waals surface area contributed by atoms with Crippen LogP contribution in [0.15, 0.2) is 24.3 Å². The van der Waals surface area contributed by atoms with E-state index in [-0.39, 0.29) is 12.5 Å².